The highest BCUT2D eigenvalue weighted by Gasteiger charge is 1.96. The summed E-state index contributed by atoms with van der Waals surface area (Å²) in [5.74, 6) is 4.11. The third-order valence-electron chi connectivity index (χ3n) is 1.24. The number of pyridine rings is 1. The van der Waals surface area contributed by atoms with Crippen LogP contribution in [0.4, 0.5) is 0 Å². The zero-order chi connectivity index (χ0) is 10.6. The second kappa shape index (κ2) is 4.85. The topological polar surface area (TPSA) is 50.2 Å². The highest BCUT2D eigenvalue weighted by atomic mass is 35.5. The number of carboxylic acids is 1. The normalized spacial score (nSPS) is 9.00. The molecule has 1 N–H and O–H groups in total. The maximum atomic E-state index is 10.2. The zero-order valence-corrected chi connectivity index (χ0v) is 8.43. The Morgan fingerprint density at radius 2 is 2.00 bits per heavy atom. The van der Waals surface area contributed by atoms with Crippen LogP contribution < -0.4 is 0 Å². The summed E-state index contributed by atoms with van der Waals surface area (Å²) in [4.78, 5) is 13.9. The molecule has 72 valence electrons. The van der Waals surface area contributed by atoms with E-state index in [0.29, 0.717) is 5.56 Å². The Hall–Kier alpha value is -1.24. The number of hydrogen-bond donors (Lipinski definition) is 1. The number of carboxylic acid groups (broad SMARTS) is 1. The van der Waals surface area contributed by atoms with Crippen LogP contribution in [0.5, 0.6) is 0 Å². The Bertz CT molecular complexity index is 400. The molecule has 1 aromatic heterocycles. The third-order valence-corrected chi connectivity index (χ3v) is 1.62. The molecule has 3 nitrogen and oxygen atoms in total. The van der Waals surface area contributed by atoms with Crippen LogP contribution in [0.25, 0.3) is 0 Å². The van der Waals surface area contributed by atoms with E-state index in [9.17, 15) is 4.79 Å². The molecule has 0 atom stereocenters. The molecule has 0 aliphatic heterocycles. The molecule has 0 saturated carbocycles. The van der Waals surface area contributed by atoms with Gasteiger partial charge in [-0.05, 0) is 12.1 Å². The van der Waals surface area contributed by atoms with Crippen LogP contribution in [0.3, 0.4) is 0 Å². The summed E-state index contributed by atoms with van der Waals surface area (Å²) in [6.45, 7) is 0. The fourth-order valence-corrected chi connectivity index (χ4v) is 1.22. The van der Waals surface area contributed by atoms with Gasteiger partial charge < -0.3 is 5.11 Å². The van der Waals surface area contributed by atoms with E-state index in [4.69, 9.17) is 28.3 Å². The summed E-state index contributed by atoms with van der Waals surface area (Å²) < 4.78 is 0. The van der Waals surface area contributed by atoms with Crippen molar-refractivity contribution in [2.45, 2.75) is 6.42 Å². The molecule has 0 bridgehead atoms. The highest BCUT2D eigenvalue weighted by molar-refractivity contribution is 6.32. The molecule has 0 aliphatic rings. The number of rotatable bonds is 1. The molecule has 0 saturated heterocycles. The van der Waals surface area contributed by atoms with Gasteiger partial charge in [0.2, 0.25) is 0 Å². The van der Waals surface area contributed by atoms with Gasteiger partial charge in [-0.2, -0.15) is 0 Å². The van der Waals surface area contributed by atoms with E-state index in [2.05, 4.69) is 16.8 Å². The highest BCUT2D eigenvalue weighted by Crippen LogP contribution is 2.13. The minimum absolute atomic E-state index is 0.211. The molecule has 0 amide bonds. The molecule has 0 aliphatic carbocycles. The van der Waals surface area contributed by atoms with Gasteiger partial charge >= 0.3 is 5.97 Å². The monoisotopic (exact) mass is 229 g/mol. The molecule has 0 unspecified atom stereocenters. The summed E-state index contributed by atoms with van der Waals surface area (Å²) in [5.41, 5.74) is 0.552. The van der Waals surface area contributed by atoms with Crippen LogP contribution in [0, 0.1) is 11.8 Å². The van der Waals surface area contributed by atoms with E-state index in [1.54, 1.807) is 0 Å². The minimum atomic E-state index is -0.969. The maximum absolute atomic E-state index is 10.2. The summed E-state index contributed by atoms with van der Waals surface area (Å²) in [5, 5.41) is 8.80. The Labute approximate surface area is 90.7 Å². The van der Waals surface area contributed by atoms with Gasteiger partial charge in [-0.3, -0.25) is 4.79 Å². The van der Waals surface area contributed by atoms with E-state index < -0.39 is 5.97 Å². The lowest BCUT2D eigenvalue weighted by molar-refractivity contribution is -0.135. The summed E-state index contributed by atoms with van der Waals surface area (Å²) in [6, 6.07) is 3.03. The van der Waals surface area contributed by atoms with Crippen molar-refractivity contribution in [3.8, 4) is 11.8 Å². The Morgan fingerprint density at radius 3 is 2.50 bits per heavy atom. The lowest BCUT2D eigenvalue weighted by Gasteiger charge is -1.93. The number of hydrogen-bond acceptors (Lipinski definition) is 2. The van der Waals surface area contributed by atoms with Crippen molar-refractivity contribution >= 4 is 29.2 Å². The smallest absolute Gasteiger partial charge is 0.315 e. The van der Waals surface area contributed by atoms with Crippen molar-refractivity contribution < 1.29 is 9.90 Å². The largest absolute Gasteiger partial charge is 0.481 e. The average molecular weight is 230 g/mol. The van der Waals surface area contributed by atoms with Gasteiger partial charge in [0.05, 0.1) is 0 Å². The summed E-state index contributed by atoms with van der Waals surface area (Å²) in [6.07, 6.45) is -0.211. The minimum Gasteiger partial charge on any atom is -0.481 e. The number of nitrogens with zero attached hydrogens (tertiary/aromatic N) is 1. The molecule has 0 spiro atoms. The van der Waals surface area contributed by atoms with Gasteiger partial charge in [0.25, 0.3) is 0 Å². The lowest BCUT2D eigenvalue weighted by Crippen LogP contribution is -1.90. The molecule has 5 heteroatoms. The fourth-order valence-electron chi connectivity index (χ4n) is 0.759. The van der Waals surface area contributed by atoms with Gasteiger partial charge in [0.15, 0.2) is 0 Å². The van der Waals surface area contributed by atoms with Gasteiger partial charge in [-0.1, -0.05) is 35.0 Å². The Kier molecular flexibility index (Phi) is 3.75. The van der Waals surface area contributed by atoms with Crippen LogP contribution >= 0.6 is 23.2 Å². The molecule has 0 aromatic carbocycles. The summed E-state index contributed by atoms with van der Waals surface area (Å²) >= 11 is 11.2. The van der Waals surface area contributed by atoms with Crippen molar-refractivity contribution in [2.75, 3.05) is 0 Å². The average Bonchev–Trinajstić information content (AvgIpc) is 2.01. The third kappa shape index (κ3) is 3.65. The molecule has 0 fully saturated rings. The second-order valence-corrected chi connectivity index (χ2v) is 3.15. The van der Waals surface area contributed by atoms with E-state index in [1.165, 1.54) is 12.1 Å². The molecule has 1 aromatic rings. The molecule has 14 heavy (non-hydrogen) atoms. The number of aliphatic carboxylic acids is 1. The van der Waals surface area contributed by atoms with Crippen LogP contribution in [0.2, 0.25) is 10.3 Å². The van der Waals surface area contributed by atoms with E-state index in [-0.39, 0.29) is 16.7 Å². The first kappa shape index (κ1) is 10.8. The first-order valence-corrected chi connectivity index (χ1v) is 4.37. The molecule has 0 radical (unpaired) electrons. The van der Waals surface area contributed by atoms with Crippen LogP contribution in [0.1, 0.15) is 12.0 Å². The summed E-state index contributed by atoms with van der Waals surface area (Å²) in [7, 11) is 0. The predicted molar refractivity (Wildman–Crippen MR) is 53.4 cm³/mol. The van der Waals surface area contributed by atoms with E-state index in [0.717, 1.165) is 0 Å². The van der Waals surface area contributed by atoms with E-state index >= 15 is 0 Å². The Morgan fingerprint density at radius 1 is 1.43 bits per heavy atom. The molecular formula is C9H5Cl2NO2. The van der Waals surface area contributed by atoms with Gasteiger partial charge in [0.1, 0.15) is 16.7 Å². The lowest BCUT2D eigenvalue weighted by atomic mass is 10.2. The van der Waals surface area contributed by atoms with Crippen LogP contribution in [-0.2, 0) is 4.79 Å². The first-order chi connectivity index (χ1) is 6.58. The molecular weight excluding hydrogens is 225 g/mol. The van der Waals surface area contributed by atoms with Crippen molar-refractivity contribution in [3.05, 3.63) is 28.0 Å². The van der Waals surface area contributed by atoms with Gasteiger partial charge in [0, 0.05) is 5.56 Å². The predicted octanol–water partition coefficient (Wildman–Crippen LogP) is 2.21. The van der Waals surface area contributed by atoms with Crippen LogP contribution in [-0.4, -0.2) is 16.1 Å². The van der Waals surface area contributed by atoms with Crippen molar-refractivity contribution in [1.82, 2.24) is 4.98 Å². The fraction of sp³-hybridized carbons (Fsp3) is 0.111. The second-order valence-electron chi connectivity index (χ2n) is 2.37. The van der Waals surface area contributed by atoms with Gasteiger partial charge in [-0.15, -0.1) is 0 Å². The Balaban J connectivity index is 2.84. The standard InChI is InChI=1S/C9H5Cl2NO2/c10-7-4-6(5-8(11)12-7)2-1-3-9(13)14/h4-5H,3H2,(H,13,14). The zero-order valence-electron chi connectivity index (χ0n) is 6.92. The number of aromatic nitrogens is 1. The first-order valence-electron chi connectivity index (χ1n) is 3.61. The molecule has 1 rings (SSSR count). The van der Waals surface area contributed by atoms with Crippen molar-refractivity contribution in [1.29, 1.82) is 0 Å². The molecule has 1 heterocycles. The number of halogens is 2. The van der Waals surface area contributed by atoms with Gasteiger partial charge in [-0.25, -0.2) is 4.98 Å². The maximum Gasteiger partial charge on any atom is 0.315 e. The van der Waals surface area contributed by atoms with Crippen molar-refractivity contribution in [2.24, 2.45) is 0 Å². The van der Waals surface area contributed by atoms with E-state index in [1.807, 2.05) is 0 Å². The quantitative estimate of drug-likeness (QED) is 0.594. The number of carbonyl (C=O) groups is 1. The van der Waals surface area contributed by atoms with Crippen molar-refractivity contribution in [3.63, 3.8) is 0 Å². The van der Waals surface area contributed by atoms with Crippen LogP contribution in [0.15, 0.2) is 12.1 Å². The SMILES string of the molecule is O=C(O)CC#Cc1cc(Cl)nc(Cl)c1.